The van der Waals surface area contributed by atoms with Gasteiger partial charge in [0.2, 0.25) is 11.6 Å². The molecule has 3 rings (SSSR count). The van der Waals surface area contributed by atoms with Crippen molar-refractivity contribution in [3.8, 4) is 11.5 Å². The standard InChI is InChI=1S/C16H15N7O5/c1-8-4-9(2)22-16(18-8)19-14(21-22)15(25)20-17-7-10-5-11(28-3)6-12(13(10)24)23(26)27/h4-7,24H,1-3H3,(H,20,25)/b17-7+. The van der Waals surface area contributed by atoms with E-state index in [1.54, 1.807) is 19.9 Å². The summed E-state index contributed by atoms with van der Waals surface area (Å²) in [5, 5.41) is 28.7. The minimum absolute atomic E-state index is 0.0116. The number of nitro benzene ring substituents is 1. The van der Waals surface area contributed by atoms with Crippen LogP contribution in [0.3, 0.4) is 0 Å². The molecule has 144 valence electrons. The Balaban J connectivity index is 1.83. The summed E-state index contributed by atoms with van der Waals surface area (Å²) in [5.41, 5.74) is 3.13. The van der Waals surface area contributed by atoms with Crippen LogP contribution in [0, 0.1) is 24.0 Å². The molecule has 0 aliphatic carbocycles. The number of hydrogen-bond donors (Lipinski definition) is 2. The second-order valence-electron chi connectivity index (χ2n) is 5.73. The lowest BCUT2D eigenvalue weighted by atomic mass is 10.1. The van der Waals surface area contributed by atoms with Crippen LogP contribution in [0.5, 0.6) is 11.5 Å². The topological polar surface area (TPSA) is 157 Å². The number of benzene rings is 1. The largest absolute Gasteiger partial charge is 0.502 e. The highest BCUT2D eigenvalue weighted by Gasteiger charge is 2.19. The molecule has 0 unspecified atom stereocenters. The van der Waals surface area contributed by atoms with E-state index < -0.39 is 22.3 Å². The summed E-state index contributed by atoms with van der Waals surface area (Å²) in [5.74, 6) is -1.05. The molecule has 28 heavy (non-hydrogen) atoms. The van der Waals surface area contributed by atoms with Crippen molar-refractivity contribution in [2.75, 3.05) is 7.11 Å². The number of ether oxygens (including phenoxy) is 1. The van der Waals surface area contributed by atoms with Gasteiger partial charge in [-0.3, -0.25) is 14.9 Å². The molecule has 2 aromatic heterocycles. The first kappa shape index (κ1) is 18.7. The van der Waals surface area contributed by atoms with Crippen molar-refractivity contribution >= 4 is 23.6 Å². The van der Waals surface area contributed by atoms with Crippen LogP contribution in [-0.4, -0.2) is 48.8 Å². The third-order valence-corrected chi connectivity index (χ3v) is 3.72. The number of rotatable bonds is 5. The molecule has 0 atom stereocenters. The molecule has 0 saturated carbocycles. The fourth-order valence-corrected chi connectivity index (χ4v) is 2.44. The van der Waals surface area contributed by atoms with E-state index in [1.807, 2.05) is 0 Å². The van der Waals surface area contributed by atoms with Crippen molar-refractivity contribution in [2.24, 2.45) is 5.10 Å². The maximum absolute atomic E-state index is 12.2. The summed E-state index contributed by atoms with van der Waals surface area (Å²) in [6.45, 7) is 3.60. The quantitative estimate of drug-likeness (QED) is 0.376. The zero-order chi connectivity index (χ0) is 20.4. The maximum atomic E-state index is 12.2. The number of nitrogens with one attached hydrogen (secondary N) is 1. The fraction of sp³-hybridized carbons (Fsp3) is 0.188. The van der Waals surface area contributed by atoms with Crippen molar-refractivity contribution in [1.82, 2.24) is 25.0 Å². The van der Waals surface area contributed by atoms with Gasteiger partial charge in [0.1, 0.15) is 5.75 Å². The summed E-state index contributed by atoms with van der Waals surface area (Å²) < 4.78 is 6.38. The van der Waals surface area contributed by atoms with Crippen LogP contribution in [0.1, 0.15) is 27.6 Å². The number of aromatic hydroxyl groups is 1. The van der Waals surface area contributed by atoms with E-state index in [0.29, 0.717) is 0 Å². The lowest BCUT2D eigenvalue weighted by molar-refractivity contribution is -0.385. The second kappa shape index (κ2) is 7.26. The molecule has 12 nitrogen and oxygen atoms in total. The fourth-order valence-electron chi connectivity index (χ4n) is 2.44. The minimum atomic E-state index is -0.758. The highest BCUT2D eigenvalue weighted by Crippen LogP contribution is 2.33. The molecule has 0 saturated heterocycles. The van der Waals surface area contributed by atoms with Crippen LogP contribution in [0.4, 0.5) is 5.69 Å². The Morgan fingerprint density at radius 1 is 1.36 bits per heavy atom. The van der Waals surface area contributed by atoms with Crippen LogP contribution < -0.4 is 10.2 Å². The Bertz CT molecular complexity index is 1120. The molecule has 2 heterocycles. The molecule has 0 radical (unpaired) electrons. The molecule has 12 heteroatoms. The average molecular weight is 385 g/mol. The van der Waals surface area contributed by atoms with Crippen molar-refractivity contribution in [2.45, 2.75) is 13.8 Å². The zero-order valence-corrected chi connectivity index (χ0v) is 15.1. The van der Waals surface area contributed by atoms with Crippen molar-refractivity contribution in [3.63, 3.8) is 0 Å². The first-order valence-corrected chi connectivity index (χ1v) is 7.90. The zero-order valence-electron chi connectivity index (χ0n) is 15.1. The van der Waals surface area contributed by atoms with Gasteiger partial charge >= 0.3 is 11.6 Å². The molecule has 0 fully saturated rings. The van der Waals surface area contributed by atoms with Gasteiger partial charge in [-0.15, -0.1) is 5.10 Å². The number of carbonyl (C=O) groups excluding carboxylic acids is 1. The average Bonchev–Trinajstić information content (AvgIpc) is 3.07. The smallest absolute Gasteiger partial charge is 0.315 e. The number of phenols is 1. The van der Waals surface area contributed by atoms with Crippen LogP contribution >= 0.6 is 0 Å². The van der Waals surface area contributed by atoms with Gasteiger partial charge in [-0.1, -0.05) is 0 Å². The third kappa shape index (κ3) is 3.56. The molecular weight excluding hydrogens is 370 g/mol. The molecular formula is C16H15N7O5. The number of methoxy groups -OCH3 is 1. The Labute approximate surface area is 157 Å². The van der Waals surface area contributed by atoms with Gasteiger partial charge in [0.15, 0.2) is 0 Å². The number of phenolic OH excluding ortho intramolecular Hbond substituents is 1. The Morgan fingerprint density at radius 2 is 2.11 bits per heavy atom. The van der Waals surface area contributed by atoms with Gasteiger partial charge in [-0.05, 0) is 26.0 Å². The molecule has 0 aliphatic heterocycles. The predicted octanol–water partition coefficient (Wildman–Crippen LogP) is 1.13. The molecule has 0 bridgehead atoms. The number of carbonyl (C=O) groups is 1. The minimum Gasteiger partial charge on any atom is -0.502 e. The highest BCUT2D eigenvalue weighted by molar-refractivity contribution is 5.92. The number of aryl methyl sites for hydroxylation is 2. The van der Waals surface area contributed by atoms with Crippen molar-refractivity contribution < 1.29 is 19.6 Å². The molecule has 0 aliphatic rings. The SMILES string of the molecule is COc1cc(/C=N/NC(=O)c2nc3nc(C)cc(C)n3n2)c(O)c([N+](=O)[O-])c1. The van der Waals surface area contributed by atoms with Crippen LogP contribution in [-0.2, 0) is 0 Å². The number of amides is 1. The van der Waals surface area contributed by atoms with Crippen LogP contribution in [0.15, 0.2) is 23.3 Å². The lowest BCUT2D eigenvalue weighted by Crippen LogP contribution is -2.19. The number of nitro groups is 1. The summed E-state index contributed by atoms with van der Waals surface area (Å²) >= 11 is 0. The molecule has 1 amide bonds. The summed E-state index contributed by atoms with van der Waals surface area (Å²) in [7, 11) is 1.33. The first-order chi connectivity index (χ1) is 13.3. The Morgan fingerprint density at radius 3 is 2.79 bits per heavy atom. The Kier molecular flexibility index (Phi) is 4.85. The molecule has 0 spiro atoms. The highest BCUT2D eigenvalue weighted by atomic mass is 16.6. The van der Waals surface area contributed by atoms with Gasteiger partial charge < -0.3 is 9.84 Å². The number of hydrazone groups is 1. The third-order valence-electron chi connectivity index (χ3n) is 3.72. The predicted molar refractivity (Wildman–Crippen MR) is 96.6 cm³/mol. The van der Waals surface area contributed by atoms with Gasteiger partial charge in [0, 0.05) is 17.0 Å². The monoisotopic (exact) mass is 385 g/mol. The van der Waals surface area contributed by atoms with Gasteiger partial charge in [0.25, 0.3) is 5.78 Å². The van der Waals surface area contributed by atoms with E-state index in [0.717, 1.165) is 23.7 Å². The maximum Gasteiger partial charge on any atom is 0.315 e. The van der Waals surface area contributed by atoms with E-state index in [9.17, 15) is 20.0 Å². The van der Waals surface area contributed by atoms with Crippen molar-refractivity contribution in [3.05, 3.63) is 51.1 Å². The van der Waals surface area contributed by atoms with E-state index in [2.05, 4.69) is 25.6 Å². The summed E-state index contributed by atoms with van der Waals surface area (Å²) in [4.78, 5) is 30.7. The van der Waals surface area contributed by atoms with Crippen LogP contribution in [0.25, 0.3) is 5.78 Å². The first-order valence-electron chi connectivity index (χ1n) is 7.90. The van der Waals surface area contributed by atoms with Crippen molar-refractivity contribution in [1.29, 1.82) is 0 Å². The molecule has 2 N–H and O–H groups in total. The number of fused-ring (bicyclic) bond motifs is 1. The lowest BCUT2D eigenvalue weighted by Gasteiger charge is -2.04. The summed E-state index contributed by atoms with van der Waals surface area (Å²) in [6.07, 6.45) is 1.05. The number of hydrogen-bond acceptors (Lipinski definition) is 9. The molecule has 3 aromatic rings. The van der Waals surface area contributed by atoms with Crippen LogP contribution in [0.2, 0.25) is 0 Å². The van der Waals surface area contributed by atoms with E-state index in [-0.39, 0.29) is 22.9 Å². The van der Waals surface area contributed by atoms with E-state index in [4.69, 9.17) is 4.74 Å². The van der Waals surface area contributed by atoms with E-state index in [1.165, 1.54) is 17.7 Å². The van der Waals surface area contributed by atoms with E-state index >= 15 is 0 Å². The number of nitrogens with zero attached hydrogens (tertiary/aromatic N) is 6. The normalized spacial score (nSPS) is 11.1. The van der Waals surface area contributed by atoms with Gasteiger partial charge in [-0.2, -0.15) is 10.1 Å². The Hall–Kier alpha value is -4.09. The van der Waals surface area contributed by atoms with Gasteiger partial charge in [0.05, 0.1) is 24.3 Å². The summed E-state index contributed by atoms with van der Waals surface area (Å²) in [6, 6.07) is 4.19. The molecule has 1 aromatic carbocycles. The second-order valence-corrected chi connectivity index (χ2v) is 5.73. The van der Waals surface area contributed by atoms with Gasteiger partial charge in [-0.25, -0.2) is 14.9 Å². The number of aromatic nitrogens is 4.